The second-order valence-corrected chi connectivity index (χ2v) is 1.74. The lowest BCUT2D eigenvalue weighted by Gasteiger charge is -2.26. The molecular formula is C4H9N6-. The van der Waals surface area contributed by atoms with E-state index in [4.69, 9.17) is 5.84 Å². The van der Waals surface area contributed by atoms with Crippen molar-refractivity contribution in [2.75, 3.05) is 0 Å². The summed E-state index contributed by atoms with van der Waals surface area (Å²) in [5.41, 5.74) is 6.01. The summed E-state index contributed by atoms with van der Waals surface area (Å²) < 4.78 is 0. The minimum Gasteiger partial charge on any atom is -0.565 e. The average molecular weight is 141 g/mol. The third kappa shape index (κ3) is 1.49. The highest BCUT2D eigenvalue weighted by Crippen LogP contribution is 2.07. The maximum absolute atomic E-state index is 5.02. The van der Waals surface area contributed by atoms with Gasteiger partial charge in [0.1, 0.15) is 5.84 Å². The molecule has 6 heteroatoms. The van der Waals surface area contributed by atoms with Crippen LogP contribution in [-0.2, 0) is 0 Å². The van der Waals surface area contributed by atoms with Crippen LogP contribution < -0.4 is 11.3 Å². The first-order valence-electron chi connectivity index (χ1n) is 3.00. The highest BCUT2D eigenvalue weighted by atomic mass is 15.5. The van der Waals surface area contributed by atoms with Crippen molar-refractivity contribution in [3.05, 3.63) is 5.43 Å². The van der Waals surface area contributed by atoms with Crippen molar-refractivity contribution in [3.8, 4) is 0 Å². The van der Waals surface area contributed by atoms with Gasteiger partial charge in [0.05, 0.1) is 6.29 Å². The number of amidine groups is 1. The summed E-state index contributed by atoms with van der Waals surface area (Å²) in [5.74, 6) is 5.65. The Morgan fingerprint density at radius 2 is 2.60 bits per heavy atom. The van der Waals surface area contributed by atoms with Gasteiger partial charge >= 0.3 is 0 Å². The SMILES string of the molecule is CCC1=N[N-]C(NN)N=N1. The van der Waals surface area contributed by atoms with E-state index in [1.165, 1.54) is 0 Å². The van der Waals surface area contributed by atoms with E-state index in [1.807, 2.05) is 6.92 Å². The molecule has 0 aromatic heterocycles. The van der Waals surface area contributed by atoms with Gasteiger partial charge in [-0.1, -0.05) is 6.92 Å². The molecule has 0 saturated carbocycles. The zero-order chi connectivity index (χ0) is 7.40. The Morgan fingerprint density at radius 1 is 1.80 bits per heavy atom. The molecule has 3 N–H and O–H groups in total. The van der Waals surface area contributed by atoms with Gasteiger partial charge in [-0.2, -0.15) is 5.11 Å². The van der Waals surface area contributed by atoms with Crippen LogP contribution in [0.5, 0.6) is 0 Å². The maximum atomic E-state index is 5.02. The summed E-state index contributed by atoms with van der Waals surface area (Å²) in [6.45, 7) is 1.93. The molecule has 1 rings (SSSR count). The topological polar surface area (TPSA) is 89.2 Å². The summed E-state index contributed by atoms with van der Waals surface area (Å²) in [4.78, 5) is 0. The molecule has 0 aliphatic carbocycles. The van der Waals surface area contributed by atoms with Crippen molar-refractivity contribution < 1.29 is 0 Å². The molecule has 0 aromatic rings. The van der Waals surface area contributed by atoms with Crippen LogP contribution in [0.4, 0.5) is 0 Å². The number of nitrogens with one attached hydrogen (secondary N) is 1. The molecule has 0 bridgehead atoms. The van der Waals surface area contributed by atoms with E-state index in [0.717, 1.165) is 6.42 Å². The quantitative estimate of drug-likeness (QED) is 0.427. The molecule has 0 amide bonds. The Morgan fingerprint density at radius 3 is 3.00 bits per heavy atom. The zero-order valence-corrected chi connectivity index (χ0v) is 5.65. The molecule has 10 heavy (non-hydrogen) atoms. The van der Waals surface area contributed by atoms with E-state index in [2.05, 4.69) is 26.2 Å². The second kappa shape index (κ2) is 3.23. The lowest BCUT2D eigenvalue weighted by Crippen LogP contribution is -2.33. The van der Waals surface area contributed by atoms with Gasteiger partial charge in [0.2, 0.25) is 0 Å². The van der Waals surface area contributed by atoms with E-state index in [1.54, 1.807) is 0 Å². The van der Waals surface area contributed by atoms with E-state index in [0.29, 0.717) is 5.84 Å². The number of hydrazine groups is 1. The highest BCUT2D eigenvalue weighted by Gasteiger charge is 1.96. The number of hydrogen-bond donors (Lipinski definition) is 2. The van der Waals surface area contributed by atoms with E-state index < -0.39 is 6.29 Å². The molecule has 1 unspecified atom stereocenters. The van der Waals surface area contributed by atoms with Crippen LogP contribution in [0.2, 0.25) is 0 Å². The number of nitrogens with two attached hydrogens (primary N) is 1. The minimum absolute atomic E-state index is 0.504. The van der Waals surface area contributed by atoms with Gasteiger partial charge in [-0.3, -0.25) is 11.3 Å². The molecule has 0 saturated heterocycles. The van der Waals surface area contributed by atoms with Gasteiger partial charge in [0.15, 0.2) is 0 Å². The monoisotopic (exact) mass is 141 g/mol. The Bertz CT molecular complexity index is 161. The molecule has 0 radical (unpaired) electrons. The smallest absolute Gasteiger partial charge is 0.131 e. The summed E-state index contributed by atoms with van der Waals surface area (Å²) in [6.07, 6.45) is 0.236. The van der Waals surface area contributed by atoms with Crippen molar-refractivity contribution in [3.63, 3.8) is 0 Å². The van der Waals surface area contributed by atoms with Crippen LogP contribution in [0.15, 0.2) is 15.3 Å². The minimum atomic E-state index is -0.504. The number of rotatable bonds is 2. The lowest BCUT2D eigenvalue weighted by molar-refractivity contribution is 0.583. The second-order valence-electron chi connectivity index (χ2n) is 1.74. The normalized spacial score (nSPS) is 23.8. The Kier molecular flexibility index (Phi) is 2.30. The van der Waals surface area contributed by atoms with Crippen LogP contribution in [0, 0.1) is 0 Å². The van der Waals surface area contributed by atoms with Crippen molar-refractivity contribution in [2.45, 2.75) is 19.6 Å². The van der Waals surface area contributed by atoms with Crippen LogP contribution >= 0.6 is 0 Å². The summed E-state index contributed by atoms with van der Waals surface area (Å²) in [5, 5.41) is 11.2. The van der Waals surface area contributed by atoms with Crippen LogP contribution in [0.1, 0.15) is 13.3 Å². The molecule has 1 aliphatic rings. The number of azo groups is 1. The third-order valence-corrected chi connectivity index (χ3v) is 1.03. The van der Waals surface area contributed by atoms with Crippen molar-refractivity contribution in [1.29, 1.82) is 0 Å². The van der Waals surface area contributed by atoms with Gasteiger partial charge in [-0.25, -0.2) is 0 Å². The van der Waals surface area contributed by atoms with Gasteiger partial charge in [0, 0.05) is 6.42 Å². The number of nitrogens with zero attached hydrogens (tertiary/aromatic N) is 4. The fraction of sp³-hybridized carbons (Fsp3) is 0.750. The zero-order valence-electron chi connectivity index (χ0n) is 5.65. The van der Waals surface area contributed by atoms with E-state index in [-0.39, 0.29) is 0 Å². The first-order valence-corrected chi connectivity index (χ1v) is 3.00. The standard InChI is InChI=1S/C4H9N6/c1-2-3-7-9-4(6-5)10-8-3/h4,6H,2,5H2,1H3/q-1. The van der Waals surface area contributed by atoms with Gasteiger partial charge < -0.3 is 10.5 Å². The highest BCUT2D eigenvalue weighted by molar-refractivity contribution is 5.83. The molecule has 6 nitrogen and oxygen atoms in total. The maximum Gasteiger partial charge on any atom is 0.131 e. The largest absolute Gasteiger partial charge is 0.565 e. The Hall–Kier alpha value is -1.01. The van der Waals surface area contributed by atoms with Gasteiger partial charge in [-0.05, 0) is 0 Å². The third-order valence-electron chi connectivity index (χ3n) is 1.03. The molecular weight excluding hydrogens is 132 g/mol. The van der Waals surface area contributed by atoms with Crippen molar-refractivity contribution >= 4 is 5.84 Å². The summed E-state index contributed by atoms with van der Waals surface area (Å²) >= 11 is 0. The van der Waals surface area contributed by atoms with Crippen LogP contribution in [0.3, 0.4) is 0 Å². The summed E-state index contributed by atoms with van der Waals surface area (Å²) in [6, 6.07) is 0. The predicted molar refractivity (Wildman–Crippen MR) is 37.1 cm³/mol. The van der Waals surface area contributed by atoms with E-state index in [9.17, 15) is 0 Å². The average Bonchev–Trinajstić information content (AvgIpc) is 2.05. The van der Waals surface area contributed by atoms with Crippen LogP contribution in [-0.4, -0.2) is 12.1 Å². The molecule has 0 aromatic carbocycles. The summed E-state index contributed by atoms with van der Waals surface area (Å²) in [7, 11) is 0. The van der Waals surface area contributed by atoms with Crippen LogP contribution in [0.25, 0.3) is 5.43 Å². The molecule has 1 heterocycles. The number of hydrogen-bond acceptors (Lipinski definition) is 5. The van der Waals surface area contributed by atoms with Crippen molar-refractivity contribution in [1.82, 2.24) is 5.43 Å². The lowest BCUT2D eigenvalue weighted by atomic mass is 10.5. The predicted octanol–water partition coefficient (Wildman–Crippen LogP) is 0.296. The van der Waals surface area contributed by atoms with Crippen molar-refractivity contribution in [2.24, 2.45) is 21.2 Å². The Balaban J connectivity index is 2.46. The molecule has 1 aliphatic heterocycles. The molecule has 1 atom stereocenters. The fourth-order valence-electron chi connectivity index (χ4n) is 0.494. The first kappa shape index (κ1) is 7.10. The molecule has 0 fully saturated rings. The molecule has 0 spiro atoms. The van der Waals surface area contributed by atoms with Gasteiger partial charge in [-0.15, -0.1) is 5.11 Å². The fourth-order valence-corrected chi connectivity index (χ4v) is 0.494. The first-order chi connectivity index (χ1) is 4.86. The van der Waals surface area contributed by atoms with E-state index >= 15 is 0 Å². The van der Waals surface area contributed by atoms with Gasteiger partial charge in [0.25, 0.3) is 0 Å². The Labute approximate surface area is 58.6 Å². The molecule has 56 valence electrons.